The second-order valence-electron chi connectivity index (χ2n) is 6.24. The molecule has 0 radical (unpaired) electrons. The quantitative estimate of drug-likeness (QED) is 0.363. The molecule has 0 aromatic heterocycles. The third-order valence-corrected chi connectivity index (χ3v) is 3.79. The Morgan fingerprint density at radius 2 is 2.00 bits per heavy atom. The molecule has 0 aromatic carbocycles. The van der Waals surface area contributed by atoms with Crippen LogP contribution < -0.4 is 0 Å². The molecule has 1 fully saturated rings. The summed E-state index contributed by atoms with van der Waals surface area (Å²) >= 11 is 0. The van der Waals surface area contributed by atoms with Crippen molar-refractivity contribution in [2.45, 2.75) is 84.7 Å². The molecule has 0 aromatic rings. The lowest BCUT2D eigenvalue weighted by atomic mass is 10.0. The summed E-state index contributed by atoms with van der Waals surface area (Å²) < 4.78 is 16.9. The van der Waals surface area contributed by atoms with Crippen molar-refractivity contribution in [3.63, 3.8) is 0 Å². The molecule has 0 saturated carbocycles. The van der Waals surface area contributed by atoms with Gasteiger partial charge in [0, 0.05) is 18.4 Å². The van der Waals surface area contributed by atoms with Crippen LogP contribution >= 0.6 is 0 Å². The molecular weight excluding hydrogens is 280 g/mol. The van der Waals surface area contributed by atoms with E-state index in [1.54, 1.807) is 6.92 Å². The average molecular weight is 312 g/mol. The first-order valence-corrected chi connectivity index (χ1v) is 8.72. The highest BCUT2D eigenvalue weighted by Gasteiger charge is 2.30. The van der Waals surface area contributed by atoms with Crippen molar-refractivity contribution in [2.24, 2.45) is 5.92 Å². The Morgan fingerprint density at radius 3 is 2.64 bits per heavy atom. The number of esters is 1. The van der Waals surface area contributed by atoms with E-state index in [9.17, 15) is 4.79 Å². The molecule has 0 unspecified atom stereocenters. The van der Waals surface area contributed by atoms with Gasteiger partial charge in [-0.3, -0.25) is 0 Å². The van der Waals surface area contributed by atoms with Gasteiger partial charge in [-0.2, -0.15) is 0 Å². The van der Waals surface area contributed by atoms with Crippen LogP contribution in [-0.2, 0) is 19.0 Å². The highest BCUT2D eigenvalue weighted by molar-refractivity contribution is 5.81. The Balaban J connectivity index is 2.51. The van der Waals surface area contributed by atoms with E-state index in [1.165, 1.54) is 31.8 Å². The Hall–Kier alpha value is -0.870. The fourth-order valence-corrected chi connectivity index (χ4v) is 2.56. The fourth-order valence-electron chi connectivity index (χ4n) is 2.56. The van der Waals surface area contributed by atoms with Crippen molar-refractivity contribution in [3.8, 4) is 0 Å². The minimum atomic E-state index is -0.307. The maximum Gasteiger partial charge on any atom is 0.330 e. The summed E-state index contributed by atoms with van der Waals surface area (Å²) in [7, 11) is 0. The van der Waals surface area contributed by atoms with Crippen molar-refractivity contribution >= 4 is 5.97 Å². The zero-order valence-corrected chi connectivity index (χ0v) is 14.5. The topological polar surface area (TPSA) is 44.8 Å². The zero-order chi connectivity index (χ0) is 16.4. The highest BCUT2D eigenvalue weighted by atomic mass is 16.7. The lowest BCUT2D eigenvalue weighted by molar-refractivity contribution is -0.250. The summed E-state index contributed by atoms with van der Waals surface area (Å²) in [6, 6.07) is 0. The summed E-state index contributed by atoms with van der Waals surface area (Å²) in [5.41, 5.74) is 0. The molecule has 128 valence electrons. The second-order valence-corrected chi connectivity index (χ2v) is 6.24. The highest BCUT2D eigenvalue weighted by Crippen LogP contribution is 2.27. The standard InChI is InChI=1S/C18H32O4/c1-5-7-8-9-10-15-13-16(11-12-17(19)20-6-2)22-18(21-15)14(3)4/h11-12,14-16,18H,5-10,13H2,1-4H3/b12-11+/t15-,16-,18-/m0/s1. The number of carbonyl (C=O) groups excluding carboxylic acids is 1. The van der Waals surface area contributed by atoms with E-state index in [0.717, 1.165) is 12.8 Å². The SMILES string of the molecule is CCCCCC[C@H]1C[C@H](/C=C/C(=O)OCC)O[C@@H](C(C)C)O1. The number of carbonyl (C=O) groups is 1. The van der Waals surface area contributed by atoms with Gasteiger partial charge in [0.2, 0.25) is 0 Å². The monoisotopic (exact) mass is 312 g/mol. The van der Waals surface area contributed by atoms with Crippen molar-refractivity contribution in [2.75, 3.05) is 6.61 Å². The van der Waals surface area contributed by atoms with E-state index in [4.69, 9.17) is 14.2 Å². The second kappa shape index (κ2) is 10.8. The van der Waals surface area contributed by atoms with Crippen LogP contribution in [0.5, 0.6) is 0 Å². The van der Waals surface area contributed by atoms with Crippen LogP contribution in [0.4, 0.5) is 0 Å². The number of ether oxygens (including phenoxy) is 3. The van der Waals surface area contributed by atoms with E-state index >= 15 is 0 Å². The van der Waals surface area contributed by atoms with Crippen molar-refractivity contribution in [1.82, 2.24) is 0 Å². The maximum atomic E-state index is 11.4. The van der Waals surface area contributed by atoms with Gasteiger partial charge >= 0.3 is 5.97 Å². The first-order chi connectivity index (χ1) is 10.6. The van der Waals surface area contributed by atoms with E-state index in [-0.39, 0.29) is 24.5 Å². The van der Waals surface area contributed by atoms with Crippen LogP contribution in [0.25, 0.3) is 0 Å². The Kier molecular flexibility index (Phi) is 9.41. The third kappa shape index (κ3) is 7.41. The summed E-state index contributed by atoms with van der Waals surface area (Å²) in [4.78, 5) is 11.4. The molecule has 1 rings (SSSR count). The molecule has 4 nitrogen and oxygen atoms in total. The van der Waals surface area contributed by atoms with E-state index in [2.05, 4.69) is 20.8 Å². The first kappa shape index (κ1) is 19.2. The summed E-state index contributed by atoms with van der Waals surface area (Å²) in [6.45, 7) is 8.60. The van der Waals surface area contributed by atoms with E-state index in [0.29, 0.717) is 12.5 Å². The summed E-state index contributed by atoms with van der Waals surface area (Å²) in [5.74, 6) is -0.00452. The normalized spacial score (nSPS) is 25.8. The molecule has 1 aliphatic heterocycles. The number of rotatable bonds is 9. The lowest BCUT2D eigenvalue weighted by Gasteiger charge is -2.36. The smallest absolute Gasteiger partial charge is 0.330 e. The molecule has 0 bridgehead atoms. The van der Waals surface area contributed by atoms with Gasteiger partial charge < -0.3 is 14.2 Å². The third-order valence-electron chi connectivity index (χ3n) is 3.79. The van der Waals surface area contributed by atoms with Gasteiger partial charge in [-0.15, -0.1) is 0 Å². The average Bonchev–Trinajstić information content (AvgIpc) is 2.50. The molecule has 1 saturated heterocycles. The maximum absolute atomic E-state index is 11.4. The molecule has 4 heteroatoms. The molecule has 3 atom stereocenters. The summed E-state index contributed by atoms with van der Waals surface area (Å²) in [6.07, 6.45) is 10.1. The van der Waals surface area contributed by atoms with Gasteiger partial charge in [-0.05, 0) is 19.4 Å². The van der Waals surface area contributed by atoms with Crippen molar-refractivity contribution in [1.29, 1.82) is 0 Å². The molecule has 0 amide bonds. The van der Waals surface area contributed by atoms with Crippen LogP contribution in [0.3, 0.4) is 0 Å². The van der Waals surface area contributed by atoms with Crippen LogP contribution in [0.1, 0.15) is 66.2 Å². The van der Waals surface area contributed by atoms with Gasteiger partial charge in [0.1, 0.15) is 0 Å². The molecule has 0 aliphatic carbocycles. The number of unbranched alkanes of at least 4 members (excludes halogenated alkanes) is 3. The lowest BCUT2D eigenvalue weighted by Crippen LogP contribution is -2.40. The fraction of sp³-hybridized carbons (Fsp3) is 0.833. The first-order valence-electron chi connectivity index (χ1n) is 8.72. The van der Waals surface area contributed by atoms with E-state index < -0.39 is 0 Å². The van der Waals surface area contributed by atoms with Gasteiger partial charge in [0.05, 0.1) is 18.8 Å². The van der Waals surface area contributed by atoms with Crippen LogP contribution in [0.15, 0.2) is 12.2 Å². The molecule has 1 aliphatic rings. The Labute approximate surface area is 135 Å². The van der Waals surface area contributed by atoms with Crippen LogP contribution in [0, 0.1) is 5.92 Å². The zero-order valence-electron chi connectivity index (χ0n) is 14.5. The van der Waals surface area contributed by atoms with Gasteiger partial charge in [0.25, 0.3) is 0 Å². The largest absolute Gasteiger partial charge is 0.463 e. The molecule has 0 N–H and O–H groups in total. The number of hydrogen-bond acceptors (Lipinski definition) is 4. The minimum absolute atomic E-state index is 0.0678. The minimum Gasteiger partial charge on any atom is -0.463 e. The van der Waals surface area contributed by atoms with E-state index in [1.807, 2.05) is 6.08 Å². The predicted octanol–water partition coefficient (Wildman–Crippen LogP) is 4.23. The number of hydrogen-bond donors (Lipinski definition) is 0. The molecule has 1 heterocycles. The van der Waals surface area contributed by atoms with Crippen LogP contribution in [-0.4, -0.2) is 31.1 Å². The predicted molar refractivity (Wildman–Crippen MR) is 87.5 cm³/mol. The Morgan fingerprint density at radius 1 is 1.23 bits per heavy atom. The molecule has 0 spiro atoms. The van der Waals surface area contributed by atoms with Gasteiger partial charge in [-0.25, -0.2) is 4.79 Å². The van der Waals surface area contributed by atoms with Gasteiger partial charge in [-0.1, -0.05) is 46.5 Å². The molecule has 22 heavy (non-hydrogen) atoms. The van der Waals surface area contributed by atoms with Gasteiger partial charge in [0.15, 0.2) is 6.29 Å². The van der Waals surface area contributed by atoms with Crippen molar-refractivity contribution < 1.29 is 19.0 Å². The summed E-state index contributed by atoms with van der Waals surface area (Å²) in [5, 5.41) is 0. The Bertz CT molecular complexity index is 338. The molecular formula is C18H32O4. The van der Waals surface area contributed by atoms with Crippen molar-refractivity contribution in [3.05, 3.63) is 12.2 Å². The van der Waals surface area contributed by atoms with Crippen LogP contribution in [0.2, 0.25) is 0 Å².